The van der Waals surface area contributed by atoms with Crippen molar-refractivity contribution in [2.75, 3.05) is 60.0 Å². The molecule has 0 unspecified atom stereocenters. The van der Waals surface area contributed by atoms with Crippen molar-refractivity contribution in [2.24, 2.45) is 11.8 Å². The van der Waals surface area contributed by atoms with Crippen LogP contribution in [0.1, 0.15) is 52.4 Å². The lowest BCUT2D eigenvalue weighted by Crippen LogP contribution is -2.58. The van der Waals surface area contributed by atoms with Gasteiger partial charge in [0.1, 0.15) is 0 Å². The maximum absolute atomic E-state index is 13.6. The number of hydrogen-bond acceptors (Lipinski definition) is 6. The summed E-state index contributed by atoms with van der Waals surface area (Å²) in [5.41, 5.74) is 0. The number of nitrogens with zero attached hydrogens (tertiary/aromatic N) is 3. The van der Waals surface area contributed by atoms with Crippen LogP contribution in [0.25, 0.3) is 0 Å². The van der Waals surface area contributed by atoms with Gasteiger partial charge in [0.2, 0.25) is 5.91 Å². The molecule has 31 heavy (non-hydrogen) atoms. The number of urea groups is 1. The number of rotatable bonds is 8. The maximum Gasteiger partial charge on any atom is 0.324 e. The zero-order chi connectivity index (χ0) is 22.4. The fourth-order valence-corrected chi connectivity index (χ4v) is 5.63. The zero-order valence-corrected chi connectivity index (χ0v) is 19.9. The molecule has 1 saturated carbocycles. The Balaban J connectivity index is 1.73. The summed E-state index contributed by atoms with van der Waals surface area (Å²) in [6.07, 6.45) is 5.48. The van der Waals surface area contributed by atoms with Crippen molar-refractivity contribution in [1.29, 1.82) is 0 Å². The molecule has 3 atom stereocenters. The molecule has 2 saturated heterocycles. The summed E-state index contributed by atoms with van der Waals surface area (Å²) in [6, 6.07) is 0.215. The molecular weight excluding hydrogens is 396 g/mol. The highest BCUT2D eigenvalue weighted by atomic mass is 16.7. The molecule has 0 aromatic rings. The first-order valence-electron chi connectivity index (χ1n) is 12.1. The molecular formula is C23H42N4O4. The lowest BCUT2D eigenvalue weighted by atomic mass is 9.72. The normalized spacial score (nSPS) is 28.0. The van der Waals surface area contributed by atoms with Gasteiger partial charge in [-0.15, -0.1) is 0 Å². The van der Waals surface area contributed by atoms with Gasteiger partial charge in [0.05, 0.1) is 19.1 Å². The molecule has 1 aliphatic carbocycles. The molecule has 3 rings (SSSR count). The first kappa shape index (κ1) is 24.4. The lowest BCUT2D eigenvalue weighted by Gasteiger charge is -2.50. The molecule has 0 aromatic heterocycles. The first-order valence-corrected chi connectivity index (χ1v) is 12.1. The van der Waals surface area contributed by atoms with Gasteiger partial charge >= 0.3 is 6.03 Å². The SMILES string of the molecule is CCCN1C[C@H](C(=O)N(CCCN(C)C)C(=O)NCC)C[C@@H]2CC3(CC[C@H]21)OCCO3. The molecule has 3 fully saturated rings. The second-order valence-corrected chi connectivity index (χ2v) is 9.59. The Hall–Kier alpha value is -1.22. The molecule has 3 amide bonds. The number of carbonyl (C=O) groups is 2. The fourth-order valence-electron chi connectivity index (χ4n) is 5.63. The van der Waals surface area contributed by atoms with E-state index in [0.29, 0.717) is 38.3 Å². The summed E-state index contributed by atoms with van der Waals surface area (Å²) in [4.78, 5) is 32.4. The third-order valence-electron chi connectivity index (χ3n) is 6.95. The van der Waals surface area contributed by atoms with Crippen molar-refractivity contribution in [3.8, 4) is 0 Å². The van der Waals surface area contributed by atoms with Crippen LogP contribution < -0.4 is 5.32 Å². The van der Waals surface area contributed by atoms with Gasteiger partial charge in [-0.3, -0.25) is 14.6 Å². The number of hydrogen-bond donors (Lipinski definition) is 1. The van der Waals surface area contributed by atoms with Crippen molar-refractivity contribution in [1.82, 2.24) is 20.0 Å². The summed E-state index contributed by atoms with van der Waals surface area (Å²) in [6.45, 7) is 8.95. The van der Waals surface area contributed by atoms with Crippen LogP contribution in [0, 0.1) is 11.8 Å². The third-order valence-corrected chi connectivity index (χ3v) is 6.95. The van der Waals surface area contributed by atoms with E-state index in [0.717, 1.165) is 58.2 Å². The van der Waals surface area contributed by atoms with Crippen LogP contribution in [0.3, 0.4) is 0 Å². The predicted octanol–water partition coefficient (Wildman–Crippen LogP) is 2.14. The van der Waals surface area contributed by atoms with E-state index in [1.165, 1.54) is 4.90 Å². The highest BCUT2D eigenvalue weighted by Crippen LogP contribution is 2.45. The second-order valence-electron chi connectivity index (χ2n) is 9.59. The Morgan fingerprint density at radius 2 is 1.90 bits per heavy atom. The van der Waals surface area contributed by atoms with Crippen molar-refractivity contribution in [3.05, 3.63) is 0 Å². The summed E-state index contributed by atoms with van der Waals surface area (Å²) in [5, 5.41) is 2.84. The Bertz CT molecular complexity index is 608. The Labute approximate surface area is 187 Å². The molecule has 2 heterocycles. The highest BCUT2D eigenvalue weighted by Gasteiger charge is 2.50. The number of carbonyl (C=O) groups excluding carboxylic acids is 2. The van der Waals surface area contributed by atoms with Gasteiger partial charge in [-0.25, -0.2) is 4.79 Å². The number of fused-ring (bicyclic) bond motifs is 1. The van der Waals surface area contributed by atoms with E-state index in [1.807, 2.05) is 21.0 Å². The largest absolute Gasteiger partial charge is 0.348 e. The van der Waals surface area contributed by atoms with Crippen LogP contribution in [0.15, 0.2) is 0 Å². The molecule has 8 heteroatoms. The van der Waals surface area contributed by atoms with Crippen LogP contribution in [-0.2, 0) is 14.3 Å². The minimum Gasteiger partial charge on any atom is -0.348 e. The summed E-state index contributed by atoms with van der Waals surface area (Å²) in [5.74, 6) is -0.281. The summed E-state index contributed by atoms with van der Waals surface area (Å²) >= 11 is 0. The van der Waals surface area contributed by atoms with Gasteiger partial charge in [0.25, 0.3) is 0 Å². The molecule has 2 aliphatic heterocycles. The van der Waals surface area contributed by atoms with E-state index in [2.05, 4.69) is 22.0 Å². The highest BCUT2D eigenvalue weighted by molar-refractivity contribution is 5.95. The minimum atomic E-state index is -0.449. The van der Waals surface area contributed by atoms with Gasteiger partial charge in [0.15, 0.2) is 5.79 Å². The number of imide groups is 1. The van der Waals surface area contributed by atoms with Crippen LogP contribution in [0.5, 0.6) is 0 Å². The van der Waals surface area contributed by atoms with E-state index in [-0.39, 0.29) is 17.9 Å². The number of ether oxygens (including phenoxy) is 2. The van der Waals surface area contributed by atoms with Gasteiger partial charge in [0, 0.05) is 38.5 Å². The monoisotopic (exact) mass is 438 g/mol. The molecule has 8 nitrogen and oxygen atoms in total. The van der Waals surface area contributed by atoms with Gasteiger partial charge in [-0.1, -0.05) is 6.92 Å². The van der Waals surface area contributed by atoms with Crippen molar-refractivity contribution < 1.29 is 19.1 Å². The molecule has 1 N–H and O–H groups in total. The summed E-state index contributed by atoms with van der Waals surface area (Å²) < 4.78 is 12.0. The molecule has 1 spiro atoms. The van der Waals surface area contributed by atoms with E-state index in [9.17, 15) is 9.59 Å². The Morgan fingerprint density at radius 1 is 1.16 bits per heavy atom. The van der Waals surface area contributed by atoms with E-state index < -0.39 is 5.79 Å². The number of likely N-dealkylation sites (tertiary alicyclic amines) is 1. The van der Waals surface area contributed by atoms with Crippen LogP contribution in [0.4, 0.5) is 4.79 Å². The Kier molecular flexibility index (Phi) is 8.73. The minimum absolute atomic E-state index is 0.0304. The molecule has 178 valence electrons. The van der Waals surface area contributed by atoms with Crippen molar-refractivity contribution >= 4 is 11.9 Å². The maximum atomic E-state index is 13.6. The Morgan fingerprint density at radius 3 is 2.55 bits per heavy atom. The van der Waals surface area contributed by atoms with E-state index >= 15 is 0 Å². The number of nitrogens with one attached hydrogen (secondary N) is 1. The molecule has 3 aliphatic rings. The lowest BCUT2D eigenvalue weighted by molar-refractivity contribution is -0.204. The molecule has 0 bridgehead atoms. The molecule has 0 radical (unpaired) electrons. The first-order chi connectivity index (χ1) is 14.9. The standard InChI is InChI=1S/C23H42N4O4/c1-5-10-26-17-19(15-18-16-23(9-8-20(18)26)30-13-14-31-23)21(28)27(22(29)24-6-2)12-7-11-25(3)4/h18-20H,5-17H2,1-4H3,(H,24,29)/t18-,19-,20-/m1/s1. The van der Waals surface area contributed by atoms with Gasteiger partial charge in [-0.05, 0) is 65.7 Å². The van der Waals surface area contributed by atoms with Crippen LogP contribution in [-0.4, -0.2) is 98.5 Å². The second kappa shape index (κ2) is 11.1. The van der Waals surface area contributed by atoms with Gasteiger partial charge in [-0.2, -0.15) is 0 Å². The van der Waals surface area contributed by atoms with Crippen LogP contribution >= 0.6 is 0 Å². The topological polar surface area (TPSA) is 74.4 Å². The predicted molar refractivity (Wildman–Crippen MR) is 120 cm³/mol. The van der Waals surface area contributed by atoms with E-state index in [1.54, 1.807) is 0 Å². The smallest absolute Gasteiger partial charge is 0.324 e. The van der Waals surface area contributed by atoms with Gasteiger partial charge < -0.3 is 19.7 Å². The van der Waals surface area contributed by atoms with Crippen molar-refractivity contribution in [3.63, 3.8) is 0 Å². The zero-order valence-electron chi connectivity index (χ0n) is 19.9. The average Bonchev–Trinajstić information content (AvgIpc) is 3.18. The third kappa shape index (κ3) is 5.97. The molecule has 0 aromatic carbocycles. The van der Waals surface area contributed by atoms with Crippen molar-refractivity contribution in [2.45, 2.75) is 64.2 Å². The summed E-state index contributed by atoms with van der Waals surface area (Å²) in [7, 11) is 4.02. The van der Waals surface area contributed by atoms with Crippen LogP contribution in [0.2, 0.25) is 0 Å². The average molecular weight is 439 g/mol. The fraction of sp³-hybridized carbons (Fsp3) is 0.913. The quantitative estimate of drug-likeness (QED) is 0.626. The van der Waals surface area contributed by atoms with E-state index in [4.69, 9.17) is 9.47 Å². The number of piperidine rings is 1. The number of amides is 3.